The molecule has 0 aliphatic carbocycles. The van der Waals surface area contributed by atoms with Gasteiger partial charge in [0.2, 0.25) is 0 Å². The molecule has 1 unspecified atom stereocenters. The molecule has 5 heteroatoms. The molecule has 1 N–H and O–H groups in total. The number of aliphatic imine (C=N–C) groups is 1. The molecule has 8 heavy (non-hydrogen) atoms. The van der Waals surface area contributed by atoms with Crippen molar-refractivity contribution in [3.8, 4) is 0 Å². The van der Waals surface area contributed by atoms with E-state index in [-0.39, 0.29) is 5.50 Å². The fourth-order valence-electron chi connectivity index (χ4n) is 0.314. The summed E-state index contributed by atoms with van der Waals surface area (Å²) in [6, 6.07) is 0. The van der Waals surface area contributed by atoms with Gasteiger partial charge in [0.25, 0.3) is 0 Å². The summed E-state index contributed by atoms with van der Waals surface area (Å²) in [5.74, 6) is 0. The van der Waals surface area contributed by atoms with Crippen molar-refractivity contribution < 1.29 is 0 Å². The van der Waals surface area contributed by atoms with Crippen LogP contribution >= 0.6 is 33.8 Å². The summed E-state index contributed by atoms with van der Waals surface area (Å²) >= 11 is 4.81. The maximum atomic E-state index is 4.81. The van der Waals surface area contributed by atoms with Gasteiger partial charge in [0.15, 0.2) is 5.50 Å². The van der Waals surface area contributed by atoms with E-state index in [2.05, 4.69) is 17.0 Å². The number of nitrogens with zero attached hydrogens (tertiary/aromatic N) is 1. The Hall–Kier alpha value is 0.260. The van der Waals surface area contributed by atoms with Crippen LogP contribution < -0.4 is 5.32 Å². The smallest absolute Gasteiger partial charge is 0.177 e. The fraction of sp³-hybridized carbons (Fsp3) is 0.333. The third-order valence-electron chi connectivity index (χ3n) is 0.622. The van der Waals surface area contributed by atoms with Crippen molar-refractivity contribution in [2.75, 3.05) is 0 Å². The summed E-state index contributed by atoms with van der Waals surface area (Å²) in [4.78, 5) is 3.73. The van der Waals surface area contributed by atoms with Gasteiger partial charge in [-0.3, -0.25) is 4.99 Å². The van der Waals surface area contributed by atoms with E-state index in [1.54, 1.807) is 10.8 Å². The number of hydrogen-bond donors (Lipinski definition) is 1. The van der Waals surface area contributed by atoms with Crippen LogP contribution in [0.5, 0.6) is 0 Å². The van der Waals surface area contributed by atoms with Crippen LogP contribution in [-0.4, -0.2) is 16.5 Å². The lowest BCUT2D eigenvalue weighted by atomic mass is 11.0. The highest BCUT2D eigenvalue weighted by atomic mass is 33.1. The summed E-state index contributed by atoms with van der Waals surface area (Å²) in [5, 5.41) is 2.93. The maximum Gasteiger partial charge on any atom is 0.177 e. The lowest BCUT2D eigenvalue weighted by molar-refractivity contribution is 0.898. The van der Waals surface area contributed by atoms with Gasteiger partial charge in [-0.15, -0.1) is 0 Å². The zero-order valence-electron chi connectivity index (χ0n) is 3.96. The van der Waals surface area contributed by atoms with Crippen molar-refractivity contribution in [1.29, 1.82) is 0 Å². The summed E-state index contributed by atoms with van der Waals surface area (Å²) in [5.41, 5.74) is 0.0764. The van der Waals surface area contributed by atoms with E-state index in [1.807, 2.05) is 0 Å². The first-order valence-electron chi connectivity index (χ1n) is 1.92. The summed E-state index contributed by atoms with van der Waals surface area (Å²) in [6.07, 6.45) is 0. The van der Waals surface area contributed by atoms with E-state index >= 15 is 0 Å². The number of nitrogens with one attached hydrogen (secondary N) is 1. The second kappa shape index (κ2) is 2.70. The highest BCUT2D eigenvalue weighted by Gasteiger charge is 2.16. The number of hydrogen-bond acceptors (Lipinski definition) is 4. The predicted molar refractivity (Wildman–Crippen MR) is 44.3 cm³/mol. The van der Waals surface area contributed by atoms with Crippen molar-refractivity contribution in [2.24, 2.45) is 4.99 Å². The molecular weight excluding hydrogens is 160 g/mol. The molecule has 1 rings (SSSR count). The van der Waals surface area contributed by atoms with Gasteiger partial charge in [-0.25, -0.2) is 0 Å². The van der Waals surface area contributed by atoms with Crippen LogP contribution in [0, 0.1) is 0 Å². The van der Waals surface area contributed by atoms with Crippen LogP contribution in [0.1, 0.15) is 0 Å². The van der Waals surface area contributed by atoms with Crippen molar-refractivity contribution in [3.63, 3.8) is 0 Å². The van der Waals surface area contributed by atoms with E-state index in [4.69, 9.17) is 12.2 Å². The Bertz CT molecular complexity index is 124. The van der Waals surface area contributed by atoms with Gasteiger partial charge >= 0.3 is 0 Å². The van der Waals surface area contributed by atoms with Crippen molar-refractivity contribution in [1.82, 2.24) is 5.32 Å². The van der Waals surface area contributed by atoms with E-state index in [0.717, 1.165) is 4.32 Å². The molecule has 0 saturated carbocycles. The van der Waals surface area contributed by atoms with Crippen molar-refractivity contribution in [2.45, 2.75) is 5.50 Å². The zero-order valence-corrected chi connectivity index (χ0v) is 6.41. The number of thiocarbonyl (C=S) groups is 1. The largest absolute Gasteiger partial charge is 0.340 e. The van der Waals surface area contributed by atoms with Crippen molar-refractivity contribution in [3.05, 3.63) is 0 Å². The van der Waals surface area contributed by atoms with Gasteiger partial charge in [0.1, 0.15) is 4.32 Å². The second-order valence-electron chi connectivity index (χ2n) is 1.15. The normalized spacial score (nSPS) is 27.5. The van der Waals surface area contributed by atoms with E-state index in [0.29, 0.717) is 0 Å². The lowest BCUT2D eigenvalue weighted by Gasteiger charge is -1.96. The number of rotatable bonds is 1. The fourth-order valence-corrected chi connectivity index (χ4v) is 2.50. The molecule has 2 nitrogen and oxygen atoms in total. The summed E-state index contributed by atoms with van der Waals surface area (Å²) in [6.45, 7) is 3.37. The summed E-state index contributed by atoms with van der Waals surface area (Å²) in [7, 11) is 3.12. The quantitative estimate of drug-likeness (QED) is 0.358. The maximum absolute atomic E-state index is 4.81. The van der Waals surface area contributed by atoms with Crippen LogP contribution in [-0.2, 0) is 0 Å². The first kappa shape index (κ1) is 6.38. The Kier molecular flexibility index (Phi) is 2.16. The molecule has 0 amide bonds. The summed E-state index contributed by atoms with van der Waals surface area (Å²) < 4.78 is 0.799. The van der Waals surface area contributed by atoms with Gasteiger partial charge in [0, 0.05) is 0 Å². The van der Waals surface area contributed by atoms with Crippen LogP contribution in [0.2, 0.25) is 0 Å². The molecule has 1 saturated heterocycles. The molecule has 0 spiro atoms. The highest BCUT2D eigenvalue weighted by molar-refractivity contribution is 8.84. The molecular formula is C3H4N2S3. The van der Waals surface area contributed by atoms with E-state index in [1.165, 1.54) is 10.8 Å². The average Bonchev–Trinajstić information content (AvgIpc) is 2.14. The topological polar surface area (TPSA) is 24.4 Å². The SMILES string of the molecule is C=NC1NC(=S)SS1. The predicted octanol–water partition coefficient (Wildman–Crippen LogP) is 1.24. The first-order valence-corrected chi connectivity index (χ1v) is 4.54. The Morgan fingerprint density at radius 3 is 2.88 bits per heavy atom. The molecule has 0 aromatic rings. The van der Waals surface area contributed by atoms with Crippen LogP contribution in [0.15, 0.2) is 4.99 Å². The van der Waals surface area contributed by atoms with Crippen LogP contribution in [0.3, 0.4) is 0 Å². The van der Waals surface area contributed by atoms with Gasteiger partial charge in [-0.05, 0) is 28.3 Å². The molecule has 0 aromatic heterocycles. The Labute approximate surface area is 60.9 Å². The third kappa shape index (κ3) is 1.37. The van der Waals surface area contributed by atoms with E-state index in [9.17, 15) is 0 Å². The van der Waals surface area contributed by atoms with Gasteiger partial charge in [-0.1, -0.05) is 12.2 Å². The minimum Gasteiger partial charge on any atom is -0.340 e. The Morgan fingerprint density at radius 1 is 1.88 bits per heavy atom. The molecule has 0 radical (unpaired) electrons. The first-order chi connectivity index (χ1) is 3.83. The van der Waals surface area contributed by atoms with E-state index < -0.39 is 0 Å². The van der Waals surface area contributed by atoms with Crippen LogP contribution in [0.25, 0.3) is 0 Å². The lowest BCUT2D eigenvalue weighted by Crippen LogP contribution is -2.19. The third-order valence-corrected chi connectivity index (χ3v) is 3.46. The molecule has 0 bridgehead atoms. The molecule has 0 aromatic carbocycles. The molecule has 1 aliphatic rings. The minimum absolute atomic E-state index is 0.0764. The van der Waals surface area contributed by atoms with Gasteiger partial charge in [-0.2, -0.15) is 0 Å². The second-order valence-corrected chi connectivity index (χ2v) is 4.10. The molecule has 44 valence electrons. The molecule has 1 aliphatic heterocycles. The van der Waals surface area contributed by atoms with Gasteiger partial charge < -0.3 is 5.32 Å². The Morgan fingerprint density at radius 2 is 2.62 bits per heavy atom. The standard InChI is InChI=1S/C3H4N2S3/c1-4-2-5-3(6)8-7-2/h2H,1H2,(H,5,6). The highest BCUT2D eigenvalue weighted by Crippen LogP contribution is 2.32. The average molecular weight is 164 g/mol. The van der Waals surface area contributed by atoms with Gasteiger partial charge in [0.05, 0.1) is 0 Å². The van der Waals surface area contributed by atoms with Crippen LogP contribution in [0.4, 0.5) is 0 Å². The molecule has 1 atom stereocenters. The monoisotopic (exact) mass is 164 g/mol. The Balaban J connectivity index is 2.43. The minimum atomic E-state index is 0.0764. The van der Waals surface area contributed by atoms with Crippen molar-refractivity contribution >= 4 is 44.8 Å². The molecule has 1 fully saturated rings. The molecule has 1 heterocycles. The zero-order chi connectivity index (χ0) is 5.98.